The highest BCUT2D eigenvalue weighted by Crippen LogP contribution is 2.21. The Morgan fingerprint density at radius 2 is 1.87 bits per heavy atom. The number of sulfonamides is 1. The summed E-state index contributed by atoms with van der Waals surface area (Å²) in [7, 11) is -3.60. The molecular formula is C15H14BrClN2O3S. The molecule has 0 unspecified atom stereocenters. The van der Waals surface area contributed by atoms with Gasteiger partial charge < -0.3 is 5.32 Å². The lowest BCUT2D eigenvalue weighted by molar-refractivity contribution is -0.114. The van der Waals surface area contributed by atoms with Crippen LogP contribution in [-0.4, -0.2) is 27.1 Å². The van der Waals surface area contributed by atoms with Crippen molar-refractivity contribution < 1.29 is 13.2 Å². The Hall–Kier alpha value is -1.57. The van der Waals surface area contributed by atoms with Crippen LogP contribution in [0.2, 0.25) is 5.02 Å². The number of hydrogen-bond acceptors (Lipinski definition) is 3. The summed E-state index contributed by atoms with van der Waals surface area (Å²) in [5.74, 6) is -0.458. The second-order valence-corrected chi connectivity index (χ2v) is 8.06. The molecule has 23 heavy (non-hydrogen) atoms. The van der Waals surface area contributed by atoms with Crippen molar-refractivity contribution >= 4 is 54.8 Å². The Morgan fingerprint density at radius 1 is 1.22 bits per heavy atom. The van der Waals surface area contributed by atoms with Crippen molar-refractivity contribution in [2.75, 3.05) is 22.4 Å². The van der Waals surface area contributed by atoms with E-state index in [1.807, 2.05) is 0 Å². The highest BCUT2D eigenvalue weighted by atomic mass is 79.9. The lowest BCUT2D eigenvalue weighted by Gasteiger charge is -2.22. The zero-order valence-electron chi connectivity index (χ0n) is 12.2. The average Bonchev–Trinajstić information content (AvgIpc) is 2.45. The van der Waals surface area contributed by atoms with Crippen molar-refractivity contribution in [3.05, 3.63) is 58.0 Å². The van der Waals surface area contributed by atoms with Crippen molar-refractivity contribution in [2.24, 2.45) is 0 Å². The lowest BCUT2D eigenvalue weighted by Crippen LogP contribution is -2.37. The fourth-order valence-corrected chi connectivity index (χ4v) is 3.22. The SMILES string of the molecule is CS(=O)(=O)N(CC(=O)Nc1cccc(Cl)c1)c1ccc(Br)cc1. The molecule has 0 atom stereocenters. The summed E-state index contributed by atoms with van der Waals surface area (Å²) in [6.07, 6.45) is 1.06. The lowest BCUT2D eigenvalue weighted by atomic mass is 10.3. The van der Waals surface area contributed by atoms with E-state index in [0.717, 1.165) is 15.0 Å². The van der Waals surface area contributed by atoms with Crippen molar-refractivity contribution in [3.63, 3.8) is 0 Å². The van der Waals surface area contributed by atoms with E-state index in [0.29, 0.717) is 16.4 Å². The summed E-state index contributed by atoms with van der Waals surface area (Å²) in [6.45, 7) is -0.326. The minimum absolute atomic E-state index is 0.326. The number of benzene rings is 2. The van der Waals surface area contributed by atoms with Crippen molar-refractivity contribution in [2.45, 2.75) is 0 Å². The van der Waals surface area contributed by atoms with Gasteiger partial charge in [0.25, 0.3) is 0 Å². The number of nitrogens with one attached hydrogen (secondary N) is 1. The topological polar surface area (TPSA) is 66.5 Å². The molecule has 0 heterocycles. The molecular weight excluding hydrogens is 404 g/mol. The van der Waals surface area contributed by atoms with Gasteiger partial charge in [-0.3, -0.25) is 9.10 Å². The van der Waals surface area contributed by atoms with Gasteiger partial charge in [-0.1, -0.05) is 33.6 Å². The van der Waals surface area contributed by atoms with Crippen LogP contribution in [0.1, 0.15) is 0 Å². The molecule has 0 aliphatic rings. The first-order chi connectivity index (χ1) is 10.8. The second kappa shape index (κ2) is 7.33. The molecule has 2 aromatic carbocycles. The van der Waals surface area contributed by atoms with E-state index in [-0.39, 0.29) is 6.54 Å². The standard InChI is InChI=1S/C15H14BrClN2O3S/c1-23(21,22)19(14-7-5-11(16)6-8-14)10-15(20)18-13-4-2-3-12(17)9-13/h2-9H,10H2,1H3,(H,18,20). The number of carbonyl (C=O) groups excluding carboxylic acids is 1. The van der Waals surface area contributed by atoms with Gasteiger partial charge in [-0.05, 0) is 42.5 Å². The fraction of sp³-hybridized carbons (Fsp3) is 0.133. The number of halogens is 2. The van der Waals surface area contributed by atoms with Gasteiger partial charge in [0.15, 0.2) is 0 Å². The summed E-state index contributed by atoms with van der Waals surface area (Å²) >= 11 is 9.14. The normalized spacial score (nSPS) is 11.1. The summed E-state index contributed by atoms with van der Waals surface area (Å²) < 4.78 is 25.8. The Kier molecular flexibility index (Phi) is 5.67. The molecule has 0 aliphatic carbocycles. The Bertz CT molecular complexity index is 810. The van der Waals surface area contributed by atoms with E-state index in [1.165, 1.54) is 0 Å². The summed E-state index contributed by atoms with van der Waals surface area (Å²) in [5, 5.41) is 3.11. The molecule has 1 N–H and O–H groups in total. The Balaban J connectivity index is 2.18. The maximum Gasteiger partial charge on any atom is 0.245 e. The van der Waals surface area contributed by atoms with Crippen LogP contribution in [0.5, 0.6) is 0 Å². The first-order valence-electron chi connectivity index (χ1n) is 6.54. The number of nitrogens with zero attached hydrogens (tertiary/aromatic N) is 1. The minimum atomic E-state index is -3.60. The van der Waals surface area contributed by atoms with Gasteiger partial charge in [-0.25, -0.2) is 8.42 Å². The molecule has 122 valence electrons. The fourth-order valence-electron chi connectivity index (χ4n) is 1.90. The predicted molar refractivity (Wildman–Crippen MR) is 96.4 cm³/mol. The third-order valence-electron chi connectivity index (χ3n) is 2.91. The van der Waals surface area contributed by atoms with Crippen molar-refractivity contribution in [1.29, 1.82) is 0 Å². The van der Waals surface area contributed by atoms with Crippen LogP contribution >= 0.6 is 27.5 Å². The molecule has 0 fully saturated rings. The number of amides is 1. The zero-order chi connectivity index (χ0) is 17.0. The maximum absolute atomic E-state index is 12.2. The van der Waals surface area contributed by atoms with Gasteiger partial charge in [-0.15, -0.1) is 0 Å². The maximum atomic E-state index is 12.2. The third kappa shape index (κ3) is 5.23. The van der Waals surface area contributed by atoms with Crippen LogP contribution in [-0.2, 0) is 14.8 Å². The summed E-state index contributed by atoms with van der Waals surface area (Å²) in [5.41, 5.74) is 0.920. The number of rotatable bonds is 5. The molecule has 1 amide bonds. The molecule has 8 heteroatoms. The van der Waals surface area contributed by atoms with Crippen LogP contribution in [0.25, 0.3) is 0 Å². The van der Waals surface area contributed by atoms with Gasteiger partial charge in [0.2, 0.25) is 15.9 Å². The quantitative estimate of drug-likeness (QED) is 0.809. The van der Waals surface area contributed by atoms with Crippen molar-refractivity contribution in [1.82, 2.24) is 0 Å². The van der Waals surface area contributed by atoms with E-state index < -0.39 is 15.9 Å². The average molecular weight is 418 g/mol. The summed E-state index contributed by atoms with van der Waals surface area (Å²) in [6, 6.07) is 13.3. The number of hydrogen-bond donors (Lipinski definition) is 1. The van der Waals surface area contributed by atoms with Crippen LogP contribution < -0.4 is 9.62 Å². The first-order valence-corrected chi connectivity index (χ1v) is 9.56. The molecule has 2 aromatic rings. The highest BCUT2D eigenvalue weighted by Gasteiger charge is 2.20. The molecule has 0 saturated carbocycles. The van der Waals surface area contributed by atoms with Crippen LogP contribution in [0.15, 0.2) is 53.0 Å². The second-order valence-electron chi connectivity index (χ2n) is 4.80. The van der Waals surface area contributed by atoms with Gasteiger partial charge in [-0.2, -0.15) is 0 Å². The molecule has 0 radical (unpaired) electrons. The Morgan fingerprint density at radius 3 is 2.43 bits per heavy atom. The van der Waals surface area contributed by atoms with Gasteiger partial charge in [0, 0.05) is 15.2 Å². The van der Waals surface area contributed by atoms with Gasteiger partial charge in [0.1, 0.15) is 6.54 Å². The van der Waals surface area contributed by atoms with E-state index in [4.69, 9.17) is 11.6 Å². The summed E-state index contributed by atoms with van der Waals surface area (Å²) in [4.78, 5) is 12.2. The van der Waals surface area contributed by atoms with E-state index >= 15 is 0 Å². The number of anilines is 2. The van der Waals surface area contributed by atoms with Crippen molar-refractivity contribution in [3.8, 4) is 0 Å². The molecule has 0 aliphatic heterocycles. The van der Waals surface area contributed by atoms with Crippen LogP contribution in [0.4, 0.5) is 11.4 Å². The molecule has 5 nitrogen and oxygen atoms in total. The van der Waals surface area contributed by atoms with Crippen LogP contribution in [0, 0.1) is 0 Å². The predicted octanol–water partition coefficient (Wildman–Crippen LogP) is 3.51. The zero-order valence-corrected chi connectivity index (χ0v) is 15.3. The first kappa shape index (κ1) is 17.8. The smallest absolute Gasteiger partial charge is 0.245 e. The molecule has 0 spiro atoms. The van der Waals surface area contributed by atoms with Gasteiger partial charge in [0.05, 0.1) is 11.9 Å². The van der Waals surface area contributed by atoms with Gasteiger partial charge >= 0.3 is 0 Å². The molecule has 0 aromatic heterocycles. The van der Waals surface area contributed by atoms with E-state index in [2.05, 4.69) is 21.2 Å². The molecule has 0 saturated heterocycles. The minimum Gasteiger partial charge on any atom is -0.324 e. The Labute approximate surface area is 148 Å². The monoisotopic (exact) mass is 416 g/mol. The van der Waals surface area contributed by atoms with Crippen LogP contribution in [0.3, 0.4) is 0 Å². The third-order valence-corrected chi connectivity index (χ3v) is 4.81. The largest absolute Gasteiger partial charge is 0.324 e. The molecule has 2 rings (SSSR count). The number of carbonyl (C=O) groups is 1. The van der Waals surface area contributed by atoms with E-state index in [1.54, 1.807) is 48.5 Å². The van der Waals surface area contributed by atoms with E-state index in [9.17, 15) is 13.2 Å². The highest BCUT2D eigenvalue weighted by molar-refractivity contribution is 9.10. The molecule has 0 bridgehead atoms.